The molecule has 1 aliphatic heterocycles. The number of nitrogens with zero attached hydrogens (tertiary/aromatic N) is 1. The van der Waals surface area contributed by atoms with Gasteiger partial charge in [-0.3, -0.25) is 4.79 Å². The van der Waals surface area contributed by atoms with Gasteiger partial charge in [-0.2, -0.15) is 0 Å². The molecule has 2 rings (SSSR count). The molecular weight excluding hydrogens is 232 g/mol. The van der Waals surface area contributed by atoms with Crippen LogP contribution in [0.4, 0.5) is 5.69 Å². The first-order chi connectivity index (χ1) is 8.52. The summed E-state index contributed by atoms with van der Waals surface area (Å²) in [6.45, 7) is 2.46. The zero-order valence-corrected chi connectivity index (χ0v) is 10.2. The maximum Gasteiger partial charge on any atom is 0.336 e. The molecule has 0 fully saturated rings. The third-order valence-electron chi connectivity index (χ3n) is 3.40. The van der Waals surface area contributed by atoms with Crippen LogP contribution in [0.3, 0.4) is 0 Å². The second-order valence-corrected chi connectivity index (χ2v) is 4.48. The number of carbonyl (C=O) groups excluding carboxylic acids is 1. The summed E-state index contributed by atoms with van der Waals surface area (Å²) in [6, 6.07) is 4.72. The third kappa shape index (κ3) is 2.03. The van der Waals surface area contributed by atoms with E-state index in [4.69, 9.17) is 10.8 Å². The molecule has 1 aliphatic rings. The number of carboxylic acids is 1. The predicted octanol–water partition coefficient (Wildman–Crippen LogP) is 1.01. The highest BCUT2D eigenvalue weighted by Crippen LogP contribution is 2.31. The van der Waals surface area contributed by atoms with Crippen molar-refractivity contribution in [2.45, 2.75) is 25.8 Å². The van der Waals surface area contributed by atoms with Gasteiger partial charge in [-0.05, 0) is 37.5 Å². The van der Waals surface area contributed by atoms with Crippen molar-refractivity contribution in [3.63, 3.8) is 0 Å². The monoisotopic (exact) mass is 248 g/mol. The van der Waals surface area contributed by atoms with E-state index in [1.165, 1.54) is 0 Å². The zero-order chi connectivity index (χ0) is 13.3. The van der Waals surface area contributed by atoms with Gasteiger partial charge in [0, 0.05) is 12.2 Å². The van der Waals surface area contributed by atoms with E-state index in [1.807, 2.05) is 11.0 Å². The molecule has 96 valence electrons. The van der Waals surface area contributed by atoms with Gasteiger partial charge in [0.25, 0.3) is 0 Å². The molecule has 1 aromatic carbocycles. The zero-order valence-electron chi connectivity index (χ0n) is 10.2. The number of carboxylic acid groups (broad SMARTS) is 1. The number of hydrogen-bond donors (Lipinski definition) is 2. The van der Waals surface area contributed by atoms with Gasteiger partial charge in [0.15, 0.2) is 0 Å². The molecule has 1 atom stereocenters. The first kappa shape index (κ1) is 12.4. The van der Waals surface area contributed by atoms with Crippen LogP contribution in [-0.2, 0) is 11.2 Å². The van der Waals surface area contributed by atoms with Crippen LogP contribution in [0.1, 0.15) is 29.3 Å². The number of primary amides is 1. The van der Waals surface area contributed by atoms with Crippen LogP contribution in [0.25, 0.3) is 0 Å². The van der Waals surface area contributed by atoms with E-state index in [1.54, 1.807) is 19.1 Å². The van der Waals surface area contributed by atoms with Crippen LogP contribution < -0.4 is 10.6 Å². The lowest BCUT2D eigenvalue weighted by Gasteiger charge is -2.35. The smallest absolute Gasteiger partial charge is 0.336 e. The van der Waals surface area contributed by atoms with E-state index in [2.05, 4.69) is 0 Å². The second kappa shape index (κ2) is 4.68. The number of hydrogen-bond acceptors (Lipinski definition) is 3. The highest BCUT2D eigenvalue weighted by Gasteiger charge is 2.27. The van der Waals surface area contributed by atoms with Crippen LogP contribution in [0, 0.1) is 0 Å². The number of nitrogens with two attached hydrogens (primary N) is 1. The summed E-state index contributed by atoms with van der Waals surface area (Å²) in [5.74, 6) is -1.33. The first-order valence-corrected chi connectivity index (χ1v) is 5.93. The standard InChI is InChI=1S/C13H16N2O3/c1-8(12(14)16)15-7-3-5-9-10(13(17)18)4-2-6-11(9)15/h2,4,6,8H,3,5,7H2,1H3,(H2,14,16)(H,17,18). The van der Waals surface area contributed by atoms with Gasteiger partial charge in [-0.25, -0.2) is 4.79 Å². The highest BCUT2D eigenvalue weighted by atomic mass is 16.4. The number of anilines is 1. The van der Waals surface area contributed by atoms with Crippen LogP contribution in [0.5, 0.6) is 0 Å². The molecule has 0 radical (unpaired) electrons. The highest BCUT2D eigenvalue weighted by molar-refractivity contribution is 5.92. The first-order valence-electron chi connectivity index (χ1n) is 5.93. The van der Waals surface area contributed by atoms with Gasteiger partial charge < -0.3 is 15.7 Å². The largest absolute Gasteiger partial charge is 0.478 e. The van der Waals surface area contributed by atoms with E-state index >= 15 is 0 Å². The predicted molar refractivity (Wildman–Crippen MR) is 67.7 cm³/mol. The van der Waals surface area contributed by atoms with Crippen molar-refractivity contribution >= 4 is 17.6 Å². The lowest BCUT2D eigenvalue weighted by molar-refractivity contribution is -0.119. The number of benzene rings is 1. The molecule has 18 heavy (non-hydrogen) atoms. The topological polar surface area (TPSA) is 83.6 Å². The van der Waals surface area contributed by atoms with Crippen LogP contribution in [0.15, 0.2) is 18.2 Å². The molecule has 0 aliphatic carbocycles. The van der Waals surface area contributed by atoms with Crippen LogP contribution in [0.2, 0.25) is 0 Å². The summed E-state index contributed by atoms with van der Waals surface area (Å²) in [6.07, 6.45) is 1.55. The van der Waals surface area contributed by atoms with Crippen molar-refractivity contribution in [1.82, 2.24) is 0 Å². The lowest BCUT2D eigenvalue weighted by Crippen LogP contribution is -2.45. The average molecular weight is 248 g/mol. The van der Waals surface area contributed by atoms with Gasteiger partial charge in [0.1, 0.15) is 6.04 Å². The maximum atomic E-state index is 11.3. The molecule has 0 spiro atoms. The Morgan fingerprint density at radius 2 is 2.17 bits per heavy atom. The Kier molecular flexibility index (Phi) is 3.23. The summed E-state index contributed by atoms with van der Waals surface area (Å²) in [4.78, 5) is 24.3. The minimum absolute atomic E-state index is 0.314. The number of fused-ring (bicyclic) bond motifs is 1. The molecule has 0 bridgehead atoms. The normalized spacial score (nSPS) is 15.9. The molecule has 0 saturated heterocycles. The molecule has 1 amide bonds. The Morgan fingerprint density at radius 1 is 1.44 bits per heavy atom. The Bertz CT molecular complexity index is 499. The quantitative estimate of drug-likeness (QED) is 0.836. The summed E-state index contributed by atoms with van der Waals surface area (Å²) in [7, 11) is 0. The fraction of sp³-hybridized carbons (Fsp3) is 0.385. The van der Waals surface area contributed by atoms with Crippen LogP contribution in [-0.4, -0.2) is 29.6 Å². The van der Waals surface area contributed by atoms with Gasteiger partial charge in [-0.15, -0.1) is 0 Å². The number of carbonyl (C=O) groups is 2. The minimum atomic E-state index is -0.930. The molecule has 1 unspecified atom stereocenters. The molecular formula is C13H16N2O3. The average Bonchev–Trinajstić information content (AvgIpc) is 2.36. The second-order valence-electron chi connectivity index (χ2n) is 4.48. The molecule has 0 aromatic heterocycles. The third-order valence-corrected chi connectivity index (χ3v) is 3.40. The SMILES string of the molecule is CC(C(N)=O)N1CCCc2c(C(=O)O)cccc21. The van der Waals surface area contributed by atoms with E-state index < -0.39 is 17.9 Å². The van der Waals surface area contributed by atoms with Gasteiger partial charge in [-0.1, -0.05) is 6.07 Å². The number of rotatable bonds is 3. The fourth-order valence-corrected chi connectivity index (χ4v) is 2.41. The molecule has 3 N–H and O–H groups in total. The molecule has 0 saturated carbocycles. The van der Waals surface area contributed by atoms with Gasteiger partial charge in [0.05, 0.1) is 5.56 Å². The van der Waals surface area contributed by atoms with Crippen molar-refractivity contribution in [1.29, 1.82) is 0 Å². The Hall–Kier alpha value is -2.04. The fourth-order valence-electron chi connectivity index (χ4n) is 2.41. The van der Waals surface area contributed by atoms with E-state index in [0.717, 1.165) is 30.6 Å². The number of amides is 1. The Morgan fingerprint density at radius 3 is 2.78 bits per heavy atom. The van der Waals surface area contributed by atoms with Crippen molar-refractivity contribution in [3.05, 3.63) is 29.3 Å². The van der Waals surface area contributed by atoms with E-state index in [-0.39, 0.29) is 0 Å². The number of aromatic carboxylic acids is 1. The summed E-state index contributed by atoms with van der Waals surface area (Å²) < 4.78 is 0. The molecule has 5 nitrogen and oxygen atoms in total. The van der Waals surface area contributed by atoms with Crippen molar-refractivity contribution < 1.29 is 14.7 Å². The van der Waals surface area contributed by atoms with Crippen molar-refractivity contribution in [2.24, 2.45) is 5.73 Å². The summed E-state index contributed by atoms with van der Waals surface area (Å²) in [5.41, 5.74) is 7.25. The van der Waals surface area contributed by atoms with E-state index in [9.17, 15) is 9.59 Å². The van der Waals surface area contributed by atoms with Gasteiger partial charge >= 0.3 is 5.97 Å². The Balaban J connectivity index is 2.47. The Labute approximate surface area is 105 Å². The van der Waals surface area contributed by atoms with Crippen molar-refractivity contribution in [3.8, 4) is 0 Å². The van der Waals surface area contributed by atoms with E-state index in [0.29, 0.717) is 5.56 Å². The van der Waals surface area contributed by atoms with Crippen molar-refractivity contribution in [2.75, 3.05) is 11.4 Å². The molecule has 1 heterocycles. The minimum Gasteiger partial charge on any atom is -0.478 e. The molecule has 1 aromatic rings. The summed E-state index contributed by atoms with van der Waals surface area (Å²) >= 11 is 0. The maximum absolute atomic E-state index is 11.3. The van der Waals surface area contributed by atoms with Crippen LogP contribution >= 0.6 is 0 Å². The van der Waals surface area contributed by atoms with Gasteiger partial charge in [0.2, 0.25) is 5.91 Å². The molecule has 5 heteroatoms. The summed E-state index contributed by atoms with van der Waals surface area (Å²) in [5, 5.41) is 9.16. The lowest BCUT2D eigenvalue weighted by atomic mass is 9.95.